The van der Waals surface area contributed by atoms with Crippen LogP contribution in [0.15, 0.2) is 0 Å². The lowest BCUT2D eigenvalue weighted by Crippen LogP contribution is -2.63. The van der Waals surface area contributed by atoms with E-state index in [-0.39, 0.29) is 11.1 Å². The maximum atomic E-state index is 2.70. The lowest BCUT2D eigenvalue weighted by molar-refractivity contribution is 0.128. The second-order valence-electron chi connectivity index (χ2n) is 6.85. The largest absolute Gasteiger partial charge is 0.315 e. The third-order valence-corrected chi connectivity index (χ3v) is 4.70. The summed E-state index contributed by atoms with van der Waals surface area (Å²) in [5.41, 5.74) is 0.561. The average molecular weight is 201 g/mol. The molecule has 0 aromatic carbocycles. The molecule has 0 radical (unpaired) electrons. The topological polar surface area (TPSA) is 3.24 Å². The molecule has 2 heteroatoms. The van der Waals surface area contributed by atoms with Crippen molar-refractivity contribution in [1.29, 1.82) is 0 Å². The monoisotopic (exact) mass is 201 g/mol. The summed E-state index contributed by atoms with van der Waals surface area (Å²) in [6.07, 6.45) is 0. The predicted molar refractivity (Wildman–Crippen MR) is 64.7 cm³/mol. The molecule has 0 spiro atoms. The fraction of sp³-hybridized carbons (Fsp3) is 1.00. The molecule has 0 aliphatic carbocycles. The highest BCUT2D eigenvalue weighted by Crippen LogP contribution is 2.30. The van der Waals surface area contributed by atoms with Crippen LogP contribution in [-0.4, -0.2) is 23.9 Å². The Hall–Kier alpha value is 0.177. The van der Waals surface area contributed by atoms with Crippen molar-refractivity contribution >= 4 is 8.24 Å². The summed E-state index contributed by atoms with van der Waals surface area (Å²) in [7, 11) is -1.22. The minimum Gasteiger partial charge on any atom is -0.315 e. The van der Waals surface area contributed by atoms with Gasteiger partial charge in [0.25, 0.3) is 0 Å². The molecule has 1 nitrogen and oxygen atoms in total. The van der Waals surface area contributed by atoms with Gasteiger partial charge in [-0.2, -0.15) is 0 Å². The highest BCUT2D eigenvalue weighted by atomic mass is 28.3. The van der Waals surface area contributed by atoms with Gasteiger partial charge in [0.15, 0.2) is 0 Å². The summed E-state index contributed by atoms with van der Waals surface area (Å²) in [5, 5.41) is 0. The van der Waals surface area contributed by atoms with Crippen LogP contribution in [-0.2, 0) is 0 Å². The zero-order valence-electron chi connectivity index (χ0n) is 10.9. The second-order valence-corrected chi connectivity index (χ2v) is 11.6. The van der Waals surface area contributed by atoms with E-state index >= 15 is 0 Å². The van der Waals surface area contributed by atoms with Gasteiger partial charge < -0.3 is 4.57 Å². The van der Waals surface area contributed by atoms with Gasteiger partial charge in [-0.05, 0) is 41.5 Å². The summed E-state index contributed by atoms with van der Waals surface area (Å²) in [6.45, 7) is 21.2. The van der Waals surface area contributed by atoms with E-state index in [0.717, 1.165) is 0 Å². The molecule has 0 heterocycles. The van der Waals surface area contributed by atoms with Crippen molar-refractivity contribution in [2.75, 3.05) is 0 Å². The molecule has 0 saturated heterocycles. The Morgan fingerprint density at radius 1 is 0.692 bits per heavy atom. The molecule has 0 aromatic rings. The number of nitrogens with zero attached hydrogens (tertiary/aromatic N) is 1. The van der Waals surface area contributed by atoms with Crippen molar-refractivity contribution in [3.05, 3.63) is 0 Å². The zero-order chi connectivity index (χ0) is 11.1. The Morgan fingerprint density at radius 3 is 0.923 bits per heavy atom. The van der Waals surface area contributed by atoms with Crippen molar-refractivity contribution in [3.63, 3.8) is 0 Å². The Morgan fingerprint density at radius 2 is 0.923 bits per heavy atom. The first-order valence-corrected chi connectivity index (χ1v) is 8.62. The van der Waals surface area contributed by atoms with E-state index in [0.29, 0.717) is 0 Å². The lowest BCUT2D eigenvalue weighted by atomic mass is 10.0. The van der Waals surface area contributed by atoms with Gasteiger partial charge in [0.1, 0.15) is 8.24 Å². The van der Waals surface area contributed by atoms with E-state index in [1.807, 2.05) is 0 Å². The highest BCUT2D eigenvalue weighted by molar-refractivity contribution is 6.73. The van der Waals surface area contributed by atoms with Crippen LogP contribution in [0.2, 0.25) is 19.6 Å². The summed E-state index contributed by atoms with van der Waals surface area (Å²) in [4.78, 5) is 0. The Kier molecular flexibility index (Phi) is 3.44. The van der Waals surface area contributed by atoms with Crippen LogP contribution >= 0.6 is 0 Å². The zero-order valence-corrected chi connectivity index (χ0v) is 11.9. The SMILES string of the molecule is CC(C)(C)N(C(C)(C)C)[Si](C)(C)C. The van der Waals surface area contributed by atoms with Crippen LogP contribution in [0.4, 0.5) is 0 Å². The number of hydrogen-bond donors (Lipinski definition) is 0. The van der Waals surface area contributed by atoms with E-state index in [9.17, 15) is 0 Å². The van der Waals surface area contributed by atoms with Crippen LogP contribution in [0.1, 0.15) is 41.5 Å². The molecule has 80 valence electrons. The number of rotatable bonds is 1. The van der Waals surface area contributed by atoms with Crippen molar-refractivity contribution < 1.29 is 0 Å². The van der Waals surface area contributed by atoms with Gasteiger partial charge in [0, 0.05) is 11.1 Å². The molecule has 0 unspecified atom stereocenters. The maximum Gasteiger partial charge on any atom is 0.120 e. The minimum absolute atomic E-state index is 0.280. The Labute approximate surface area is 85.6 Å². The van der Waals surface area contributed by atoms with Gasteiger partial charge in [0.2, 0.25) is 0 Å². The summed E-state index contributed by atoms with van der Waals surface area (Å²) >= 11 is 0. The standard InChI is InChI=1S/C11H27NSi/c1-10(2,3)12(11(4,5)6)13(7,8)9/h1-9H3. The molecule has 0 rings (SSSR count). The van der Waals surface area contributed by atoms with Crippen LogP contribution in [0, 0.1) is 0 Å². The fourth-order valence-corrected chi connectivity index (χ4v) is 7.04. The van der Waals surface area contributed by atoms with Gasteiger partial charge in [-0.3, -0.25) is 0 Å². The molecule has 13 heavy (non-hydrogen) atoms. The summed E-state index contributed by atoms with van der Waals surface area (Å²) in [6, 6.07) is 0. The third-order valence-electron chi connectivity index (χ3n) is 2.01. The van der Waals surface area contributed by atoms with Crippen molar-refractivity contribution in [2.45, 2.75) is 72.3 Å². The van der Waals surface area contributed by atoms with Gasteiger partial charge in [-0.25, -0.2) is 0 Å². The molecular formula is C11H27NSi. The van der Waals surface area contributed by atoms with Crippen LogP contribution in [0.3, 0.4) is 0 Å². The first-order chi connectivity index (χ1) is 5.37. The highest BCUT2D eigenvalue weighted by Gasteiger charge is 2.39. The second kappa shape index (κ2) is 3.39. The molecule has 0 aliphatic rings. The van der Waals surface area contributed by atoms with Crippen LogP contribution < -0.4 is 0 Å². The molecule has 0 aromatic heterocycles. The number of hydrogen-bond acceptors (Lipinski definition) is 1. The van der Waals surface area contributed by atoms with Crippen LogP contribution in [0.5, 0.6) is 0 Å². The molecule has 0 N–H and O–H groups in total. The minimum atomic E-state index is -1.22. The van der Waals surface area contributed by atoms with Crippen LogP contribution in [0.25, 0.3) is 0 Å². The third kappa shape index (κ3) is 3.82. The molecule has 0 bridgehead atoms. The summed E-state index contributed by atoms with van der Waals surface area (Å²) < 4.78 is 2.70. The quantitative estimate of drug-likeness (QED) is 0.585. The molecule has 0 amide bonds. The van der Waals surface area contributed by atoms with Gasteiger partial charge in [0.05, 0.1) is 0 Å². The average Bonchev–Trinajstić information content (AvgIpc) is 1.44. The van der Waals surface area contributed by atoms with E-state index in [4.69, 9.17) is 0 Å². The van der Waals surface area contributed by atoms with Crippen molar-refractivity contribution in [3.8, 4) is 0 Å². The maximum absolute atomic E-state index is 2.70. The van der Waals surface area contributed by atoms with Gasteiger partial charge in [-0.1, -0.05) is 19.6 Å². The summed E-state index contributed by atoms with van der Waals surface area (Å²) in [5.74, 6) is 0. The van der Waals surface area contributed by atoms with Gasteiger partial charge in [-0.15, -0.1) is 0 Å². The Balaban J connectivity index is 5.02. The van der Waals surface area contributed by atoms with E-state index in [2.05, 4.69) is 65.7 Å². The normalized spacial score (nSPS) is 15.2. The smallest absolute Gasteiger partial charge is 0.120 e. The van der Waals surface area contributed by atoms with Crippen molar-refractivity contribution in [2.24, 2.45) is 0 Å². The van der Waals surface area contributed by atoms with E-state index in [1.165, 1.54) is 0 Å². The van der Waals surface area contributed by atoms with E-state index < -0.39 is 8.24 Å². The van der Waals surface area contributed by atoms with E-state index in [1.54, 1.807) is 0 Å². The predicted octanol–water partition coefficient (Wildman–Crippen LogP) is 3.72. The lowest BCUT2D eigenvalue weighted by Gasteiger charge is -2.52. The fourth-order valence-electron chi connectivity index (χ4n) is 3.02. The van der Waals surface area contributed by atoms with Crippen molar-refractivity contribution in [1.82, 2.24) is 4.57 Å². The van der Waals surface area contributed by atoms with Gasteiger partial charge >= 0.3 is 0 Å². The molecular weight excluding hydrogens is 174 g/mol. The Bertz CT molecular complexity index is 133. The first-order valence-electron chi connectivity index (χ1n) is 5.17. The first kappa shape index (κ1) is 13.2. The molecule has 0 aliphatic heterocycles. The molecule has 0 atom stereocenters. The molecule has 0 saturated carbocycles. The molecule has 0 fully saturated rings.